The molecule has 3 aromatic rings. The van der Waals surface area contributed by atoms with E-state index in [-0.39, 0.29) is 0 Å². The van der Waals surface area contributed by atoms with Crippen LogP contribution < -0.4 is 0 Å². The first-order valence-corrected chi connectivity index (χ1v) is 5.78. The summed E-state index contributed by atoms with van der Waals surface area (Å²) in [6.45, 7) is 2.01. The van der Waals surface area contributed by atoms with E-state index in [1.165, 1.54) is 6.26 Å². The molecule has 0 aliphatic rings. The molecule has 0 fully saturated rings. The van der Waals surface area contributed by atoms with Gasteiger partial charge in [0.15, 0.2) is 11.5 Å². The molecule has 0 aliphatic heterocycles. The molecule has 16 heavy (non-hydrogen) atoms. The molecule has 0 unspecified atom stereocenters. The standard InChI is InChI=1S/C10H6ClN3OS/c1-5-4-6-8(11)12-9(13-10(6)16-5)7-2-3-15-14-7/h2-4H,1H3. The number of halogens is 1. The fourth-order valence-electron chi connectivity index (χ4n) is 1.45. The van der Waals surface area contributed by atoms with Gasteiger partial charge in [-0.15, -0.1) is 11.3 Å². The van der Waals surface area contributed by atoms with Crippen molar-refractivity contribution in [3.63, 3.8) is 0 Å². The van der Waals surface area contributed by atoms with E-state index >= 15 is 0 Å². The van der Waals surface area contributed by atoms with E-state index in [4.69, 9.17) is 16.1 Å². The van der Waals surface area contributed by atoms with Crippen molar-refractivity contribution in [3.05, 3.63) is 28.4 Å². The van der Waals surface area contributed by atoms with Crippen LogP contribution in [0.5, 0.6) is 0 Å². The lowest BCUT2D eigenvalue weighted by Gasteiger charge is -1.96. The maximum absolute atomic E-state index is 6.09. The molecule has 0 radical (unpaired) electrons. The topological polar surface area (TPSA) is 51.8 Å². The smallest absolute Gasteiger partial charge is 0.184 e. The van der Waals surface area contributed by atoms with Crippen LogP contribution in [0.4, 0.5) is 0 Å². The molecule has 3 aromatic heterocycles. The van der Waals surface area contributed by atoms with Crippen molar-refractivity contribution in [3.8, 4) is 11.5 Å². The largest absolute Gasteiger partial charge is 0.364 e. The highest BCUT2D eigenvalue weighted by Crippen LogP contribution is 2.30. The molecule has 0 saturated carbocycles. The Balaban J connectivity index is 2.28. The third-order valence-electron chi connectivity index (χ3n) is 2.14. The Kier molecular flexibility index (Phi) is 2.15. The molecule has 4 nitrogen and oxygen atoms in total. The predicted molar refractivity (Wildman–Crippen MR) is 62.7 cm³/mol. The zero-order chi connectivity index (χ0) is 11.1. The minimum absolute atomic E-state index is 0.451. The number of aromatic nitrogens is 3. The van der Waals surface area contributed by atoms with E-state index in [0.29, 0.717) is 16.7 Å². The lowest BCUT2D eigenvalue weighted by atomic mass is 10.3. The SMILES string of the molecule is Cc1cc2c(Cl)nc(-c3ccon3)nc2s1. The predicted octanol–water partition coefficient (Wildman–Crippen LogP) is 3.31. The summed E-state index contributed by atoms with van der Waals surface area (Å²) >= 11 is 7.67. The van der Waals surface area contributed by atoms with E-state index in [1.807, 2.05) is 13.0 Å². The number of nitrogens with zero attached hydrogens (tertiary/aromatic N) is 3. The Morgan fingerprint density at radius 1 is 1.38 bits per heavy atom. The van der Waals surface area contributed by atoms with Gasteiger partial charge in [-0.3, -0.25) is 0 Å². The summed E-state index contributed by atoms with van der Waals surface area (Å²) in [5, 5.41) is 5.12. The van der Waals surface area contributed by atoms with Gasteiger partial charge >= 0.3 is 0 Å². The van der Waals surface area contributed by atoms with Crippen LogP contribution in [0.3, 0.4) is 0 Å². The van der Waals surface area contributed by atoms with Crippen LogP contribution in [0, 0.1) is 6.92 Å². The Hall–Kier alpha value is -1.46. The van der Waals surface area contributed by atoms with Crippen molar-refractivity contribution in [1.29, 1.82) is 0 Å². The zero-order valence-electron chi connectivity index (χ0n) is 8.27. The van der Waals surface area contributed by atoms with Gasteiger partial charge in [0, 0.05) is 16.3 Å². The van der Waals surface area contributed by atoms with Crippen LogP contribution in [-0.2, 0) is 0 Å². The van der Waals surface area contributed by atoms with Crippen molar-refractivity contribution in [2.45, 2.75) is 6.92 Å². The number of hydrogen-bond donors (Lipinski definition) is 0. The van der Waals surface area contributed by atoms with Crippen molar-refractivity contribution in [1.82, 2.24) is 15.1 Å². The van der Waals surface area contributed by atoms with E-state index in [2.05, 4.69) is 15.1 Å². The summed E-state index contributed by atoms with van der Waals surface area (Å²) in [4.78, 5) is 10.6. The molecule has 80 valence electrons. The second-order valence-electron chi connectivity index (χ2n) is 3.30. The number of hydrogen-bond acceptors (Lipinski definition) is 5. The third kappa shape index (κ3) is 1.48. The molecule has 0 atom stereocenters. The molecule has 0 saturated heterocycles. The van der Waals surface area contributed by atoms with Crippen LogP contribution >= 0.6 is 22.9 Å². The van der Waals surface area contributed by atoms with Gasteiger partial charge in [0.2, 0.25) is 0 Å². The average molecular weight is 252 g/mol. The van der Waals surface area contributed by atoms with Gasteiger partial charge in [0.05, 0.1) is 0 Å². The first-order chi connectivity index (χ1) is 7.74. The van der Waals surface area contributed by atoms with E-state index < -0.39 is 0 Å². The minimum atomic E-state index is 0.451. The fraction of sp³-hybridized carbons (Fsp3) is 0.100. The van der Waals surface area contributed by atoms with Gasteiger partial charge in [-0.2, -0.15) is 0 Å². The molecule has 0 aliphatic carbocycles. The van der Waals surface area contributed by atoms with Crippen LogP contribution in [-0.4, -0.2) is 15.1 Å². The second-order valence-corrected chi connectivity index (χ2v) is 4.89. The van der Waals surface area contributed by atoms with Crippen LogP contribution in [0.1, 0.15) is 4.88 Å². The third-order valence-corrected chi connectivity index (χ3v) is 3.37. The molecule has 3 rings (SSSR count). The van der Waals surface area contributed by atoms with Gasteiger partial charge < -0.3 is 4.52 Å². The highest BCUT2D eigenvalue weighted by molar-refractivity contribution is 7.18. The molecule has 0 aromatic carbocycles. The maximum Gasteiger partial charge on any atom is 0.184 e. The number of fused-ring (bicyclic) bond motifs is 1. The van der Waals surface area contributed by atoms with Gasteiger partial charge in [-0.25, -0.2) is 9.97 Å². The number of thiophene rings is 1. The van der Waals surface area contributed by atoms with Gasteiger partial charge in [-0.05, 0) is 13.0 Å². The van der Waals surface area contributed by atoms with Crippen LogP contribution in [0.2, 0.25) is 5.15 Å². The summed E-state index contributed by atoms with van der Waals surface area (Å²) in [6.07, 6.45) is 1.48. The Labute approximate surface area is 99.9 Å². The van der Waals surface area contributed by atoms with Crippen molar-refractivity contribution >= 4 is 33.2 Å². The normalized spacial score (nSPS) is 11.1. The Morgan fingerprint density at radius 2 is 2.25 bits per heavy atom. The molecule has 0 spiro atoms. The molecular formula is C10H6ClN3OS. The summed E-state index contributed by atoms with van der Waals surface area (Å²) in [6, 6.07) is 3.69. The van der Waals surface area contributed by atoms with Crippen molar-refractivity contribution in [2.75, 3.05) is 0 Å². The number of rotatable bonds is 1. The molecule has 0 amide bonds. The highest BCUT2D eigenvalue weighted by Gasteiger charge is 2.11. The van der Waals surface area contributed by atoms with Crippen molar-refractivity contribution in [2.24, 2.45) is 0 Å². The monoisotopic (exact) mass is 251 g/mol. The van der Waals surface area contributed by atoms with Crippen LogP contribution in [0.15, 0.2) is 22.9 Å². The number of aryl methyl sites for hydroxylation is 1. The minimum Gasteiger partial charge on any atom is -0.364 e. The molecule has 0 bridgehead atoms. The Morgan fingerprint density at radius 3 is 3.00 bits per heavy atom. The van der Waals surface area contributed by atoms with Gasteiger partial charge in [0.25, 0.3) is 0 Å². The first kappa shape index (κ1) is 9.74. The average Bonchev–Trinajstić information content (AvgIpc) is 2.84. The van der Waals surface area contributed by atoms with Crippen molar-refractivity contribution < 1.29 is 4.52 Å². The van der Waals surface area contributed by atoms with Gasteiger partial charge in [0.1, 0.15) is 16.2 Å². The maximum atomic E-state index is 6.09. The van der Waals surface area contributed by atoms with Gasteiger partial charge in [-0.1, -0.05) is 16.8 Å². The van der Waals surface area contributed by atoms with E-state index in [0.717, 1.165) is 15.1 Å². The first-order valence-electron chi connectivity index (χ1n) is 4.58. The molecule has 3 heterocycles. The summed E-state index contributed by atoms with van der Waals surface area (Å²) in [5.41, 5.74) is 0.592. The fourth-order valence-corrected chi connectivity index (χ4v) is 2.61. The zero-order valence-corrected chi connectivity index (χ0v) is 9.84. The van der Waals surface area contributed by atoms with E-state index in [9.17, 15) is 0 Å². The Bertz CT molecular complexity index is 647. The summed E-state index contributed by atoms with van der Waals surface area (Å²) < 4.78 is 4.76. The highest BCUT2D eigenvalue weighted by atomic mass is 35.5. The molecule has 6 heteroatoms. The van der Waals surface area contributed by atoms with E-state index in [1.54, 1.807) is 17.4 Å². The summed E-state index contributed by atoms with van der Waals surface area (Å²) in [7, 11) is 0. The lowest BCUT2D eigenvalue weighted by molar-refractivity contribution is 0.422. The van der Waals surface area contributed by atoms with Crippen LogP contribution in [0.25, 0.3) is 21.7 Å². The second kappa shape index (κ2) is 3.54. The summed E-state index contributed by atoms with van der Waals surface area (Å²) in [5.74, 6) is 0.494. The quantitative estimate of drug-likeness (QED) is 0.623. The molecular weight excluding hydrogens is 246 g/mol. The lowest BCUT2D eigenvalue weighted by Crippen LogP contribution is -1.89. The molecule has 0 N–H and O–H groups in total.